The molecule has 0 spiro atoms. The molecule has 3 aromatic heterocycles. The maximum atomic E-state index is 15.8. The van der Waals surface area contributed by atoms with Crippen LogP contribution in [0.3, 0.4) is 0 Å². The van der Waals surface area contributed by atoms with Crippen LogP contribution in [0.25, 0.3) is 90.9 Å². The van der Waals surface area contributed by atoms with Gasteiger partial charge in [-0.25, -0.2) is 53.9 Å². The molecule has 62 heavy (non-hydrogen) atoms. The van der Waals surface area contributed by atoms with Gasteiger partial charge in [0.2, 0.25) is 11.6 Å². The predicted molar refractivity (Wildman–Crippen MR) is 215 cm³/mol. The molecule has 0 saturated carbocycles. The van der Waals surface area contributed by atoms with Gasteiger partial charge in [-0.3, -0.25) is 0 Å². The fourth-order valence-corrected chi connectivity index (χ4v) is 7.35. The summed E-state index contributed by atoms with van der Waals surface area (Å²) in [5.74, 6) is -21.9. The molecule has 0 radical (unpaired) electrons. The summed E-state index contributed by atoms with van der Waals surface area (Å²) in [5.41, 5.74) is -0.990. The van der Waals surface area contributed by atoms with E-state index in [1.807, 2.05) is 13.8 Å². The quantitative estimate of drug-likeness (QED) is 0.0630. The maximum absolute atomic E-state index is 15.8. The molecule has 0 atom stereocenters. The van der Waals surface area contributed by atoms with Gasteiger partial charge in [0.1, 0.15) is 0 Å². The molecule has 9 rings (SSSR count). The molecule has 0 aliphatic carbocycles. The van der Waals surface area contributed by atoms with Crippen LogP contribution in [-0.2, 0) is 17.1 Å². The summed E-state index contributed by atoms with van der Waals surface area (Å²) in [7, 11) is 0. The summed E-state index contributed by atoms with van der Waals surface area (Å²) < 4.78 is 152. The SMILES string of the molecule is Cc1ccc(-c2c3nc(c(-c4c(F)c(F)c(F)c(F)c4F)c4ccc([nH]4)c(-c4ccc(C)cc4)c4nc(c(-c5c(F)c(F)c(F)c(F)c5F)c5ccc2[n-]5)C=C4)C=C3)cc1.[CH3-].[Fe+2]. The molecule has 0 saturated heterocycles. The Bertz CT molecular complexity index is 2950. The first kappa shape index (κ1) is 43.4. The largest absolute Gasteiger partial charge is 2.00 e. The zero-order chi connectivity index (χ0) is 42.3. The number of benzene rings is 4. The van der Waals surface area contributed by atoms with E-state index in [1.54, 1.807) is 48.5 Å². The molecule has 1 N–H and O–H groups in total. The van der Waals surface area contributed by atoms with Crippen LogP contribution < -0.4 is 4.98 Å². The number of H-pyrrole nitrogens is 1. The van der Waals surface area contributed by atoms with E-state index in [2.05, 4.69) is 19.9 Å². The number of nitrogens with one attached hydrogen (secondary N) is 1. The molecule has 312 valence electrons. The first-order valence-electron chi connectivity index (χ1n) is 18.0. The second kappa shape index (κ2) is 16.3. The molecule has 0 fully saturated rings. The van der Waals surface area contributed by atoms with Crippen LogP contribution in [-0.4, -0.2) is 15.0 Å². The Hall–Kier alpha value is -6.70. The minimum absolute atomic E-state index is 0. The van der Waals surface area contributed by atoms with Crippen LogP contribution in [0, 0.1) is 79.4 Å². The first-order chi connectivity index (χ1) is 28.7. The number of aryl methyl sites for hydroxylation is 2. The number of halogens is 10. The Morgan fingerprint density at radius 1 is 0.371 bits per heavy atom. The van der Waals surface area contributed by atoms with Crippen LogP contribution in [0.4, 0.5) is 43.9 Å². The molecular weight excluding hydrogens is 866 g/mol. The number of hydrogen-bond donors (Lipinski definition) is 1. The summed E-state index contributed by atoms with van der Waals surface area (Å²) >= 11 is 0. The Kier molecular flexibility index (Phi) is 11.4. The molecule has 2 aliphatic rings. The van der Waals surface area contributed by atoms with Crippen molar-refractivity contribution in [2.75, 3.05) is 0 Å². The van der Waals surface area contributed by atoms with E-state index in [1.165, 1.54) is 48.6 Å². The summed E-state index contributed by atoms with van der Waals surface area (Å²) in [6.45, 7) is 3.63. The molecule has 4 aromatic carbocycles. The Labute approximate surface area is 356 Å². The molecule has 0 unspecified atom stereocenters. The van der Waals surface area contributed by atoms with Crippen LogP contribution in [0.1, 0.15) is 33.9 Å². The van der Waals surface area contributed by atoms with Crippen molar-refractivity contribution in [2.24, 2.45) is 0 Å². The summed E-state index contributed by atoms with van der Waals surface area (Å²) in [6.07, 6.45) is 5.44. The van der Waals surface area contributed by atoms with Gasteiger partial charge in [-0.2, -0.15) is 0 Å². The van der Waals surface area contributed by atoms with Gasteiger partial charge in [0.05, 0.1) is 33.9 Å². The van der Waals surface area contributed by atoms with Crippen molar-refractivity contribution in [3.8, 4) is 44.5 Å². The van der Waals surface area contributed by atoms with Crippen molar-refractivity contribution in [2.45, 2.75) is 13.8 Å². The Morgan fingerprint density at radius 3 is 1.15 bits per heavy atom. The van der Waals surface area contributed by atoms with E-state index in [0.29, 0.717) is 11.1 Å². The van der Waals surface area contributed by atoms with Crippen LogP contribution in [0.2, 0.25) is 0 Å². The normalized spacial score (nSPS) is 11.8. The maximum Gasteiger partial charge on any atom is 2.00 e. The smallest absolute Gasteiger partial charge is 0.657 e. The van der Waals surface area contributed by atoms with Gasteiger partial charge in [-0.1, -0.05) is 71.8 Å². The minimum atomic E-state index is -2.36. The van der Waals surface area contributed by atoms with Gasteiger partial charge in [-0.05, 0) is 72.5 Å². The minimum Gasteiger partial charge on any atom is -0.657 e. The number of nitrogens with zero attached hydrogens (tertiary/aromatic N) is 3. The molecule has 0 amide bonds. The van der Waals surface area contributed by atoms with Gasteiger partial charge in [0.15, 0.2) is 46.5 Å². The third-order valence-corrected chi connectivity index (χ3v) is 10.3. The zero-order valence-corrected chi connectivity index (χ0v) is 33.3. The first-order valence-corrected chi connectivity index (χ1v) is 18.0. The number of aromatic nitrogens is 4. The Balaban J connectivity index is 0.00000289. The van der Waals surface area contributed by atoms with Gasteiger partial charge in [0.25, 0.3) is 0 Å². The average Bonchev–Trinajstić information content (AvgIpc) is 4.09. The van der Waals surface area contributed by atoms with Crippen LogP contribution in [0.15, 0.2) is 72.8 Å². The fourth-order valence-electron chi connectivity index (χ4n) is 7.35. The predicted octanol–water partition coefficient (Wildman–Crippen LogP) is 13.4. The summed E-state index contributed by atoms with van der Waals surface area (Å²) in [4.78, 5) is 17.0. The monoisotopic (exact) mass is 892 g/mol. The topological polar surface area (TPSA) is 55.7 Å². The number of fused-ring (bicyclic) bond motifs is 8. The van der Waals surface area contributed by atoms with Crippen molar-refractivity contribution in [1.82, 2.24) is 19.9 Å². The van der Waals surface area contributed by atoms with E-state index in [-0.39, 0.29) is 80.5 Å². The van der Waals surface area contributed by atoms with Crippen LogP contribution in [0.5, 0.6) is 0 Å². The Morgan fingerprint density at radius 2 is 0.694 bits per heavy atom. The zero-order valence-electron chi connectivity index (χ0n) is 32.2. The molecule has 5 heterocycles. The summed E-state index contributed by atoms with van der Waals surface area (Å²) in [6, 6.07) is 19.2. The fraction of sp³-hybridized carbons (Fsp3) is 0.0426. The van der Waals surface area contributed by atoms with Crippen LogP contribution >= 0.6 is 0 Å². The van der Waals surface area contributed by atoms with Gasteiger partial charge >= 0.3 is 17.1 Å². The van der Waals surface area contributed by atoms with E-state index in [4.69, 9.17) is 0 Å². The van der Waals surface area contributed by atoms with Gasteiger partial charge in [0, 0.05) is 22.2 Å². The average molecular weight is 893 g/mol. The standard InChI is InChI=1S/C46H23F10N4.CH3.Fe/c1-19-3-7-21(8-4-19)31-23-11-15-27(57-23)33(35-37(47)41(51)45(55)42(52)38(35)48)29-17-13-25(59-29)32(22-9-5-20(2)6-10-22)26-14-18-30(60-26)34(28-16-12-24(31)58-28)36-39(49)43(53)46(56)44(54)40(36)50;;/h3-18,57H,1-2H3;1H3;/q2*-1;+2. The third-order valence-electron chi connectivity index (χ3n) is 10.3. The van der Waals surface area contributed by atoms with E-state index in [0.717, 1.165) is 11.1 Å². The molecule has 2 aliphatic heterocycles. The second-order valence-electron chi connectivity index (χ2n) is 14.1. The summed E-state index contributed by atoms with van der Waals surface area (Å²) in [5, 5.41) is 0. The molecule has 4 nitrogen and oxygen atoms in total. The molecular formula is C47H26F10FeN4. The van der Waals surface area contributed by atoms with E-state index >= 15 is 17.6 Å². The van der Waals surface area contributed by atoms with Gasteiger partial charge < -0.3 is 17.4 Å². The number of hydrogen-bond acceptors (Lipinski definition) is 2. The van der Waals surface area contributed by atoms with Crippen molar-refractivity contribution in [3.05, 3.63) is 172 Å². The van der Waals surface area contributed by atoms with Crippen molar-refractivity contribution in [3.63, 3.8) is 0 Å². The van der Waals surface area contributed by atoms with E-state index in [9.17, 15) is 26.3 Å². The van der Waals surface area contributed by atoms with Gasteiger partial charge in [-0.15, -0.1) is 11.0 Å². The van der Waals surface area contributed by atoms with Crippen molar-refractivity contribution in [1.29, 1.82) is 0 Å². The van der Waals surface area contributed by atoms with Crippen molar-refractivity contribution >= 4 is 46.4 Å². The number of aromatic amines is 1. The van der Waals surface area contributed by atoms with E-state index < -0.39 is 80.4 Å². The molecule has 7 aromatic rings. The molecule has 15 heteroatoms. The van der Waals surface area contributed by atoms with Crippen molar-refractivity contribution < 1.29 is 61.0 Å². The number of rotatable bonds is 4. The third kappa shape index (κ3) is 6.91. The second-order valence-corrected chi connectivity index (χ2v) is 14.1. The molecule has 8 bridgehead atoms.